The zero-order valence-electron chi connectivity index (χ0n) is 16.1. The average Bonchev–Trinajstić information content (AvgIpc) is 2.73. The fourth-order valence-electron chi connectivity index (χ4n) is 3.61. The summed E-state index contributed by atoms with van der Waals surface area (Å²) in [4.78, 5) is 31.4. The van der Waals surface area contributed by atoms with Crippen molar-refractivity contribution in [1.82, 2.24) is 14.9 Å². The summed E-state index contributed by atoms with van der Waals surface area (Å²) in [5, 5.41) is 5.41. The number of hydrogen-bond acceptors (Lipinski definition) is 4. The number of rotatable bonds is 3. The van der Waals surface area contributed by atoms with Gasteiger partial charge in [-0.05, 0) is 37.1 Å². The van der Waals surface area contributed by atoms with Crippen LogP contribution in [0, 0.1) is 5.82 Å². The van der Waals surface area contributed by atoms with Crippen molar-refractivity contribution in [2.24, 2.45) is 7.05 Å². The predicted molar refractivity (Wildman–Crippen MR) is 111 cm³/mol. The number of fused-ring (bicyclic) bond motifs is 1. The maximum Gasteiger partial charge on any atom is 0.319 e. The van der Waals surface area contributed by atoms with Crippen molar-refractivity contribution in [3.05, 3.63) is 64.7 Å². The van der Waals surface area contributed by atoms with Crippen LogP contribution in [0.4, 0.5) is 20.7 Å². The molecule has 0 aliphatic carbocycles. The van der Waals surface area contributed by atoms with Crippen molar-refractivity contribution in [2.45, 2.75) is 18.9 Å². The van der Waals surface area contributed by atoms with Crippen molar-refractivity contribution in [3.8, 4) is 0 Å². The Balaban J connectivity index is 1.40. The van der Waals surface area contributed by atoms with Crippen molar-refractivity contribution in [2.75, 3.05) is 23.3 Å². The second-order valence-corrected chi connectivity index (χ2v) is 7.13. The van der Waals surface area contributed by atoms with E-state index in [-0.39, 0.29) is 17.3 Å². The minimum Gasteiger partial charge on any atom is -0.352 e. The number of para-hydroxylation sites is 3. The van der Waals surface area contributed by atoms with Gasteiger partial charge in [0.1, 0.15) is 5.82 Å². The maximum atomic E-state index is 13.7. The Morgan fingerprint density at radius 1 is 1.10 bits per heavy atom. The van der Waals surface area contributed by atoms with Crippen molar-refractivity contribution >= 4 is 28.6 Å². The number of aryl methyl sites for hydroxylation is 1. The van der Waals surface area contributed by atoms with E-state index < -0.39 is 11.8 Å². The summed E-state index contributed by atoms with van der Waals surface area (Å²) >= 11 is 0. The summed E-state index contributed by atoms with van der Waals surface area (Å²) in [7, 11) is 1.75. The molecule has 29 heavy (non-hydrogen) atoms. The second kappa shape index (κ2) is 7.90. The van der Waals surface area contributed by atoms with E-state index in [0.29, 0.717) is 31.7 Å². The zero-order chi connectivity index (χ0) is 20.4. The fourth-order valence-corrected chi connectivity index (χ4v) is 3.61. The minimum atomic E-state index is -0.476. The minimum absolute atomic E-state index is 0.0534. The van der Waals surface area contributed by atoms with E-state index in [9.17, 15) is 14.0 Å². The second-order valence-electron chi connectivity index (χ2n) is 7.13. The van der Waals surface area contributed by atoms with Crippen LogP contribution in [0.3, 0.4) is 0 Å². The molecule has 0 radical (unpaired) electrons. The van der Waals surface area contributed by atoms with Crippen LogP contribution >= 0.6 is 0 Å². The van der Waals surface area contributed by atoms with Gasteiger partial charge in [0.25, 0.3) is 5.56 Å². The summed E-state index contributed by atoms with van der Waals surface area (Å²) in [6.45, 7) is 1.20. The first-order valence-corrected chi connectivity index (χ1v) is 9.55. The van der Waals surface area contributed by atoms with Crippen molar-refractivity contribution in [3.63, 3.8) is 0 Å². The molecular formula is C21H22FN5O2. The Hall–Kier alpha value is -3.42. The molecule has 150 valence electrons. The summed E-state index contributed by atoms with van der Waals surface area (Å²) in [6, 6.07) is 13.1. The van der Waals surface area contributed by atoms with Crippen LogP contribution in [0.2, 0.25) is 0 Å². The molecule has 1 saturated heterocycles. The van der Waals surface area contributed by atoms with E-state index >= 15 is 0 Å². The lowest BCUT2D eigenvalue weighted by atomic mass is 10.1. The van der Waals surface area contributed by atoms with Gasteiger partial charge in [0.15, 0.2) is 5.82 Å². The number of hydrogen-bond donors (Lipinski definition) is 2. The van der Waals surface area contributed by atoms with Crippen LogP contribution in [0.25, 0.3) is 11.0 Å². The van der Waals surface area contributed by atoms with Gasteiger partial charge in [-0.15, -0.1) is 0 Å². The normalized spacial score (nSPS) is 14.8. The first-order chi connectivity index (χ1) is 14.0. The molecule has 0 spiro atoms. The van der Waals surface area contributed by atoms with E-state index in [0.717, 1.165) is 11.0 Å². The largest absolute Gasteiger partial charge is 0.352 e. The molecule has 0 bridgehead atoms. The Morgan fingerprint density at radius 3 is 2.55 bits per heavy atom. The number of amides is 2. The number of aromatic nitrogens is 2. The van der Waals surface area contributed by atoms with Crippen LogP contribution in [0.5, 0.6) is 0 Å². The lowest BCUT2D eigenvalue weighted by molar-refractivity contribution is 0.246. The van der Waals surface area contributed by atoms with Crippen molar-refractivity contribution in [1.29, 1.82) is 0 Å². The third-order valence-corrected chi connectivity index (χ3v) is 5.22. The lowest BCUT2D eigenvalue weighted by Crippen LogP contribution is -2.47. The summed E-state index contributed by atoms with van der Waals surface area (Å²) in [6.07, 6.45) is 1.34. The number of piperidine rings is 1. The fraction of sp³-hybridized carbons (Fsp3) is 0.286. The van der Waals surface area contributed by atoms with Gasteiger partial charge in [-0.1, -0.05) is 24.3 Å². The summed E-state index contributed by atoms with van der Waals surface area (Å²) in [5.41, 5.74) is 1.58. The highest BCUT2D eigenvalue weighted by Gasteiger charge is 2.24. The topological polar surface area (TPSA) is 79.3 Å². The molecule has 4 rings (SSSR count). The molecule has 2 aromatic carbocycles. The Kier molecular flexibility index (Phi) is 5.16. The molecule has 0 atom stereocenters. The van der Waals surface area contributed by atoms with E-state index in [1.54, 1.807) is 23.7 Å². The van der Waals surface area contributed by atoms with Gasteiger partial charge < -0.3 is 20.1 Å². The molecule has 0 unspecified atom stereocenters. The number of urea groups is 1. The Bertz CT molecular complexity index is 1110. The quantitative estimate of drug-likeness (QED) is 0.715. The van der Waals surface area contributed by atoms with Gasteiger partial charge in [-0.25, -0.2) is 14.2 Å². The molecule has 1 aliphatic heterocycles. The van der Waals surface area contributed by atoms with E-state index in [1.165, 1.54) is 12.1 Å². The molecule has 2 heterocycles. The third-order valence-electron chi connectivity index (χ3n) is 5.22. The Morgan fingerprint density at radius 2 is 1.79 bits per heavy atom. The molecule has 3 aromatic rings. The first-order valence-electron chi connectivity index (χ1n) is 9.55. The maximum absolute atomic E-state index is 13.7. The van der Waals surface area contributed by atoms with Crippen LogP contribution in [-0.4, -0.2) is 34.7 Å². The van der Waals surface area contributed by atoms with Crippen molar-refractivity contribution < 1.29 is 9.18 Å². The van der Waals surface area contributed by atoms with Crippen LogP contribution < -0.4 is 21.1 Å². The van der Waals surface area contributed by atoms with Crippen LogP contribution in [-0.2, 0) is 7.05 Å². The molecule has 2 amide bonds. The van der Waals surface area contributed by atoms with Gasteiger partial charge >= 0.3 is 6.03 Å². The number of carbonyl (C=O) groups is 1. The predicted octanol–water partition coefficient (Wildman–Crippen LogP) is 2.86. The van der Waals surface area contributed by atoms with Gasteiger partial charge in [0, 0.05) is 26.2 Å². The number of halogens is 1. The molecule has 1 aromatic heterocycles. The molecule has 0 saturated carbocycles. The van der Waals surface area contributed by atoms with Gasteiger partial charge in [-0.3, -0.25) is 4.79 Å². The molecule has 7 nitrogen and oxygen atoms in total. The zero-order valence-corrected chi connectivity index (χ0v) is 16.1. The van der Waals surface area contributed by atoms with Crippen LogP contribution in [0.1, 0.15) is 12.8 Å². The lowest BCUT2D eigenvalue weighted by Gasteiger charge is -2.33. The molecular weight excluding hydrogens is 373 g/mol. The first kappa shape index (κ1) is 18.9. The van der Waals surface area contributed by atoms with E-state index in [4.69, 9.17) is 0 Å². The highest BCUT2D eigenvalue weighted by Crippen LogP contribution is 2.18. The smallest absolute Gasteiger partial charge is 0.319 e. The highest BCUT2D eigenvalue weighted by molar-refractivity contribution is 5.89. The summed E-state index contributed by atoms with van der Waals surface area (Å²) in [5.74, 6) is -0.0452. The summed E-state index contributed by atoms with van der Waals surface area (Å²) < 4.78 is 15.3. The number of carbonyl (C=O) groups excluding carboxylic acids is 1. The van der Waals surface area contributed by atoms with Gasteiger partial charge in [-0.2, -0.15) is 0 Å². The number of nitrogens with zero attached hydrogens (tertiary/aromatic N) is 3. The van der Waals surface area contributed by atoms with E-state index in [2.05, 4.69) is 15.6 Å². The Labute approximate surface area is 167 Å². The van der Waals surface area contributed by atoms with E-state index in [1.807, 2.05) is 29.2 Å². The number of benzene rings is 2. The molecule has 1 fully saturated rings. The van der Waals surface area contributed by atoms with Gasteiger partial charge in [0.2, 0.25) is 0 Å². The number of nitrogens with one attached hydrogen (secondary N) is 2. The molecule has 1 aliphatic rings. The molecule has 8 heteroatoms. The number of anilines is 2. The van der Waals surface area contributed by atoms with Gasteiger partial charge in [0.05, 0.1) is 16.7 Å². The van der Waals surface area contributed by atoms with Crippen LogP contribution in [0.15, 0.2) is 53.3 Å². The average molecular weight is 395 g/mol. The third kappa shape index (κ3) is 3.91. The standard InChI is InChI=1S/C21H22FN5O2/c1-26-18-9-5-4-8-17(18)24-19(20(26)28)27-12-10-14(11-13-27)23-21(29)25-16-7-3-2-6-15(16)22/h2-9,14H,10-13H2,1H3,(H2,23,25,29). The highest BCUT2D eigenvalue weighted by atomic mass is 19.1. The molecule has 2 N–H and O–H groups in total. The monoisotopic (exact) mass is 395 g/mol. The SMILES string of the molecule is Cn1c(=O)c(N2CCC(NC(=O)Nc3ccccc3F)CC2)nc2ccccc21.